The van der Waals surface area contributed by atoms with Crippen molar-refractivity contribution in [1.29, 1.82) is 0 Å². The van der Waals surface area contributed by atoms with Crippen LogP contribution in [0, 0.1) is 0 Å². The Bertz CT molecular complexity index is 459. The fourth-order valence-electron chi connectivity index (χ4n) is 2.08. The van der Waals surface area contributed by atoms with E-state index < -0.39 is 0 Å². The highest BCUT2D eigenvalue weighted by Gasteiger charge is 2.15. The Balaban J connectivity index is 2.66. The van der Waals surface area contributed by atoms with Gasteiger partial charge in [-0.2, -0.15) is 0 Å². The molecule has 80 valence electrons. The van der Waals surface area contributed by atoms with Crippen molar-refractivity contribution in [2.24, 2.45) is 0 Å². The lowest BCUT2D eigenvalue weighted by Crippen LogP contribution is -1.98. The Kier molecular flexibility index (Phi) is 2.78. The molecule has 2 nitrogen and oxygen atoms in total. The molecule has 1 aromatic carbocycles. The van der Waals surface area contributed by atoms with Gasteiger partial charge in [0, 0.05) is 22.2 Å². The van der Waals surface area contributed by atoms with Gasteiger partial charge in [0.2, 0.25) is 0 Å². The third kappa shape index (κ3) is 1.65. The van der Waals surface area contributed by atoms with Crippen molar-refractivity contribution in [3.8, 4) is 0 Å². The number of aryl methyl sites for hydroxylation is 1. The summed E-state index contributed by atoms with van der Waals surface area (Å²) in [5.41, 5.74) is 3.36. The summed E-state index contributed by atoms with van der Waals surface area (Å²) in [4.78, 5) is 3.37. The van der Waals surface area contributed by atoms with Crippen LogP contribution >= 0.6 is 0 Å². The van der Waals surface area contributed by atoms with Crippen LogP contribution in [0.4, 0.5) is 0 Å². The van der Waals surface area contributed by atoms with Crippen LogP contribution < -0.4 is 0 Å². The summed E-state index contributed by atoms with van der Waals surface area (Å²) < 4.78 is 0. The summed E-state index contributed by atoms with van der Waals surface area (Å²) in [7, 11) is 0. The predicted octanol–water partition coefficient (Wildman–Crippen LogP) is 3.17. The van der Waals surface area contributed by atoms with Crippen molar-refractivity contribution in [2.75, 3.05) is 0 Å². The zero-order valence-electron chi connectivity index (χ0n) is 9.25. The maximum Gasteiger partial charge on any atom is 0.0810 e. The van der Waals surface area contributed by atoms with E-state index in [1.54, 1.807) is 0 Å². The first kappa shape index (κ1) is 10.2. The largest absolute Gasteiger partial charge is 0.388 e. The Morgan fingerprint density at radius 1 is 1.27 bits per heavy atom. The second-order valence-electron chi connectivity index (χ2n) is 3.84. The number of rotatable bonds is 3. The molecule has 0 radical (unpaired) electrons. The Morgan fingerprint density at radius 3 is 2.67 bits per heavy atom. The summed E-state index contributed by atoms with van der Waals surface area (Å²) in [6.07, 6.45) is 1.34. The van der Waals surface area contributed by atoms with E-state index in [4.69, 9.17) is 0 Å². The van der Waals surface area contributed by atoms with Crippen LogP contribution in [0.5, 0.6) is 0 Å². The first-order valence-corrected chi connectivity index (χ1v) is 5.55. The Morgan fingerprint density at radius 2 is 2.00 bits per heavy atom. The van der Waals surface area contributed by atoms with Gasteiger partial charge < -0.3 is 10.1 Å². The molecule has 0 bridgehead atoms. The Labute approximate surface area is 89.9 Å². The van der Waals surface area contributed by atoms with Crippen molar-refractivity contribution in [2.45, 2.75) is 32.8 Å². The number of aliphatic hydroxyl groups is 1. The minimum absolute atomic E-state index is 0.351. The van der Waals surface area contributed by atoms with Crippen molar-refractivity contribution in [3.63, 3.8) is 0 Å². The van der Waals surface area contributed by atoms with Crippen LogP contribution in [0.15, 0.2) is 24.3 Å². The standard InChI is InChI=1S/C13H17NO/c1-3-10-13(12(15)4-2)9-7-5-6-8-11(9)14-10/h5-8,12,14-15H,3-4H2,1-2H3. The average molecular weight is 203 g/mol. The quantitative estimate of drug-likeness (QED) is 0.789. The molecule has 0 aliphatic rings. The number of aromatic nitrogens is 1. The number of H-pyrrole nitrogens is 1. The number of fused-ring (bicyclic) bond motifs is 1. The number of para-hydroxylation sites is 1. The van der Waals surface area contributed by atoms with Crippen molar-refractivity contribution in [1.82, 2.24) is 4.98 Å². The molecular weight excluding hydrogens is 186 g/mol. The van der Waals surface area contributed by atoms with Crippen LogP contribution in [-0.2, 0) is 6.42 Å². The van der Waals surface area contributed by atoms with E-state index in [1.807, 2.05) is 19.1 Å². The molecule has 1 atom stereocenters. The van der Waals surface area contributed by atoms with Crippen LogP contribution in [0.25, 0.3) is 10.9 Å². The number of aliphatic hydroxyl groups excluding tert-OH is 1. The number of aromatic amines is 1. The van der Waals surface area contributed by atoms with Crippen molar-refractivity contribution < 1.29 is 5.11 Å². The second kappa shape index (κ2) is 4.07. The monoisotopic (exact) mass is 203 g/mol. The number of hydrogen-bond donors (Lipinski definition) is 2. The van der Waals surface area contributed by atoms with E-state index in [-0.39, 0.29) is 6.10 Å². The van der Waals surface area contributed by atoms with Gasteiger partial charge >= 0.3 is 0 Å². The zero-order valence-corrected chi connectivity index (χ0v) is 9.25. The third-order valence-corrected chi connectivity index (χ3v) is 2.90. The lowest BCUT2D eigenvalue weighted by atomic mass is 10.0. The van der Waals surface area contributed by atoms with Gasteiger partial charge in [-0.3, -0.25) is 0 Å². The van der Waals surface area contributed by atoms with Crippen LogP contribution in [-0.4, -0.2) is 10.1 Å². The second-order valence-corrected chi connectivity index (χ2v) is 3.84. The average Bonchev–Trinajstić information content (AvgIpc) is 2.66. The molecule has 1 heterocycles. The highest BCUT2D eigenvalue weighted by Crippen LogP contribution is 2.29. The molecule has 1 unspecified atom stereocenters. The lowest BCUT2D eigenvalue weighted by molar-refractivity contribution is 0.174. The number of nitrogens with one attached hydrogen (secondary N) is 1. The van der Waals surface area contributed by atoms with Gasteiger partial charge in [0.15, 0.2) is 0 Å². The normalized spacial score (nSPS) is 13.3. The smallest absolute Gasteiger partial charge is 0.0810 e. The summed E-state index contributed by atoms with van der Waals surface area (Å²) in [6.45, 7) is 4.11. The van der Waals surface area contributed by atoms with Gasteiger partial charge in [-0.05, 0) is 18.9 Å². The third-order valence-electron chi connectivity index (χ3n) is 2.90. The fourth-order valence-corrected chi connectivity index (χ4v) is 2.08. The van der Waals surface area contributed by atoms with Crippen LogP contribution in [0.1, 0.15) is 37.6 Å². The van der Waals surface area contributed by atoms with E-state index in [0.29, 0.717) is 0 Å². The van der Waals surface area contributed by atoms with Crippen LogP contribution in [0.2, 0.25) is 0 Å². The molecule has 0 saturated carbocycles. The Hall–Kier alpha value is -1.28. The predicted molar refractivity (Wildman–Crippen MR) is 62.9 cm³/mol. The van der Waals surface area contributed by atoms with Gasteiger partial charge in [-0.15, -0.1) is 0 Å². The molecule has 1 aromatic heterocycles. The molecule has 15 heavy (non-hydrogen) atoms. The zero-order chi connectivity index (χ0) is 10.8. The van der Waals surface area contributed by atoms with Gasteiger partial charge in [-0.25, -0.2) is 0 Å². The molecule has 2 aromatic rings. The van der Waals surface area contributed by atoms with Crippen molar-refractivity contribution in [3.05, 3.63) is 35.5 Å². The lowest BCUT2D eigenvalue weighted by Gasteiger charge is -2.08. The summed E-state index contributed by atoms with van der Waals surface area (Å²) in [5, 5.41) is 11.2. The van der Waals surface area contributed by atoms with E-state index in [2.05, 4.69) is 24.0 Å². The van der Waals surface area contributed by atoms with E-state index in [1.165, 1.54) is 0 Å². The van der Waals surface area contributed by atoms with Gasteiger partial charge in [0.05, 0.1) is 6.10 Å². The maximum absolute atomic E-state index is 10.0. The fraction of sp³-hybridized carbons (Fsp3) is 0.385. The number of hydrogen-bond acceptors (Lipinski definition) is 1. The van der Waals surface area contributed by atoms with E-state index >= 15 is 0 Å². The van der Waals surface area contributed by atoms with Crippen LogP contribution in [0.3, 0.4) is 0 Å². The molecular formula is C13H17NO. The molecule has 0 spiro atoms. The maximum atomic E-state index is 10.0. The number of benzene rings is 1. The van der Waals surface area contributed by atoms with E-state index in [9.17, 15) is 5.11 Å². The molecule has 0 fully saturated rings. The first-order valence-electron chi connectivity index (χ1n) is 5.55. The van der Waals surface area contributed by atoms with E-state index in [0.717, 1.165) is 35.0 Å². The molecule has 2 heteroatoms. The summed E-state index contributed by atoms with van der Waals surface area (Å²) in [5.74, 6) is 0. The minimum Gasteiger partial charge on any atom is -0.388 e. The molecule has 0 saturated heterocycles. The molecule has 2 N–H and O–H groups in total. The molecule has 0 amide bonds. The highest BCUT2D eigenvalue weighted by atomic mass is 16.3. The van der Waals surface area contributed by atoms with Gasteiger partial charge in [0.25, 0.3) is 0 Å². The highest BCUT2D eigenvalue weighted by molar-refractivity contribution is 5.85. The molecule has 0 aliphatic heterocycles. The molecule has 2 rings (SSSR count). The summed E-state index contributed by atoms with van der Waals surface area (Å²) >= 11 is 0. The topological polar surface area (TPSA) is 36.0 Å². The van der Waals surface area contributed by atoms with Gasteiger partial charge in [-0.1, -0.05) is 32.0 Å². The molecule has 0 aliphatic carbocycles. The van der Waals surface area contributed by atoms with Crippen molar-refractivity contribution >= 4 is 10.9 Å². The first-order chi connectivity index (χ1) is 7.27. The SMILES string of the molecule is CCc1[nH]c2ccccc2c1C(O)CC. The summed E-state index contributed by atoms with van der Waals surface area (Å²) in [6, 6.07) is 8.15. The minimum atomic E-state index is -0.351. The van der Waals surface area contributed by atoms with Gasteiger partial charge in [0.1, 0.15) is 0 Å².